The summed E-state index contributed by atoms with van der Waals surface area (Å²) < 4.78 is 5.25. The predicted molar refractivity (Wildman–Crippen MR) is 100 cm³/mol. The predicted octanol–water partition coefficient (Wildman–Crippen LogP) is 4.48. The van der Waals surface area contributed by atoms with Gasteiger partial charge in [0.1, 0.15) is 0 Å². The zero-order chi connectivity index (χ0) is 15.6. The number of nitrogens with one attached hydrogen (secondary N) is 2. The molecule has 0 saturated heterocycles. The minimum absolute atomic E-state index is 0.551. The molecule has 2 amide bonds. The Balaban J connectivity index is 1.51. The molecule has 0 atom stereocenters. The van der Waals surface area contributed by atoms with E-state index in [0.717, 1.165) is 0 Å². The van der Waals surface area contributed by atoms with Crippen molar-refractivity contribution in [3.63, 3.8) is 0 Å². The summed E-state index contributed by atoms with van der Waals surface area (Å²) in [6.07, 6.45) is 12.6. The molecular weight excluding hydrogens is 356 g/mol. The topological polar surface area (TPSA) is 58.2 Å². The fourth-order valence-corrected chi connectivity index (χ4v) is 7.15. The van der Waals surface area contributed by atoms with E-state index < -0.39 is 11.8 Å². The van der Waals surface area contributed by atoms with Crippen molar-refractivity contribution in [2.45, 2.75) is 74.7 Å². The van der Waals surface area contributed by atoms with E-state index in [1.54, 1.807) is 21.6 Å². The molecular formula is C14H24N2O2S4. The Morgan fingerprint density at radius 2 is 1.00 bits per heavy atom. The van der Waals surface area contributed by atoms with Gasteiger partial charge in [0.05, 0.1) is 0 Å². The zero-order valence-electron chi connectivity index (χ0n) is 12.7. The highest BCUT2D eigenvalue weighted by molar-refractivity contribution is 8.76. The molecule has 2 rings (SSSR count). The van der Waals surface area contributed by atoms with Crippen molar-refractivity contribution in [1.29, 1.82) is 0 Å². The summed E-state index contributed by atoms with van der Waals surface area (Å²) in [4.78, 5) is 23.4. The van der Waals surface area contributed by atoms with Crippen LogP contribution in [0.4, 0.5) is 0 Å². The highest BCUT2D eigenvalue weighted by Gasteiger charge is 2.19. The lowest BCUT2D eigenvalue weighted by Gasteiger charge is -2.20. The fourth-order valence-electron chi connectivity index (χ4n) is 2.68. The van der Waals surface area contributed by atoms with E-state index in [4.69, 9.17) is 0 Å². The summed E-state index contributed by atoms with van der Waals surface area (Å²) in [5.74, 6) is -1.10. The third kappa shape index (κ3) is 7.27. The van der Waals surface area contributed by atoms with Crippen LogP contribution in [0.25, 0.3) is 0 Å². The van der Waals surface area contributed by atoms with E-state index in [9.17, 15) is 9.59 Å². The van der Waals surface area contributed by atoms with E-state index in [0.29, 0.717) is 10.5 Å². The van der Waals surface area contributed by atoms with Crippen LogP contribution in [0.5, 0.6) is 0 Å². The van der Waals surface area contributed by atoms with Gasteiger partial charge in [0, 0.05) is 32.5 Å². The fraction of sp³-hybridized carbons (Fsp3) is 0.857. The van der Waals surface area contributed by atoms with Crippen LogP contribution >= 0.6 is 43.5 Å². The second-order valence-electron chi connectivity index (χ2n) is 5.74. The lowest BCUT2D eigenvalue weighted by molar-refractivity contribution is -0.136. The minimum Gasteiger partial charge on any atom is -0.283 e. The van der Waals surface area contributed by atoms with Crippen molar-refractivity contribution in [3.05, 3.63) is 0 Å². The molecule has 0 aromatic heterocycles. The Bertz CT molecular complexity index is 325. The minimum atomic E-state index is -0.551. The molecule has 2 fully saturated rings. The number of hydrogen-bond donors (Lipinski definition) is 2. The van der Waals surface area contributed by atoms with Crippen LogP contribution in [0.2, 0.25) is 0 Å². The van der Waals surface area contributed by atoms with Gasteiger partial charge >= 0.3 is 11.8 Å². The van der Waals surface area contributed by atoms with Gasteiger partial charge < -0.3 is 0 Å². The summed E-state index contributed by atoms with van der Waals surface area (Å²) in [6, 6.07) is 0. The van der Waals surface area contributed by atoms with E-state index in [1.807, 2.05) is 0 Å². The molecule has 2 aliphatic carbocycles. The first-order chi connectivity index (χ1) is 10.8. The van der Waals surface area contributed by atoms with Crippen molar-refractivity contribution in [3.8, 4) is 0 Å². The maximum absolute atomic E-state index is 11.7. The average Bonchev–Trinajstić information content (AvgIpc) is 2.56. The third-order valence-electron chi connectivity index (χ3n) is 3.95. The monoisotopic (exact) mass is 380 g/mol. The quantitative estimate of drug-likeness (QED) is 0.403. The summed E-state index contributed by atoms with van der Waals surface area (Å²) in [5.41, 5.74) is 0. The second-order valence-corrected chi connectivity index (χ2v) is 10.4. The van der Waals surface area contributed by atoms with Crippen molar-refractivity contribution < 1.29 is 9.59 Å². The molecule has 8 heteroatoms. The molecule has 0 heterocycles. The van der Waals surface area contributed by atoms with Gasteiger partial charge in [-0.15, -0.1) is 0 Å². The molecule has 0 aliphatic heterocycles. The van der Waals surface area contributed by atoms with Crippen LogP contribution in [0.3, 0.4) is 0 Å². The molecule has 0 aromatic carbocycles. The van der Waals surface area contributed by atoms with Crippen LogP contribution < -0.4 is 9.44 Å². The molecule has 2 N–H and O–H groups in total. The Kier molecular flexibility index (Phi) is 9.33. The standard InChI is InChI=1S/C14H24N2O2S4/c17-13(15-21-19-11-7-3-1-4-8-11)14(18)16-22-20-12-9-5-2-6-10-12/h11-12H,1-10H2,(H,15,17)(H,16,18). The van der Waals surface area contributed by atoms with Crippen molar-refractivity contribution in [2.24, 2.45) is 0 Å². The number of rotatable bonds is 6. The second kappa shape index (κ2) is 11.0. The molecule has 0 unspecified atom stereocenters. The van der Waals surface area contributed by atoms with Crippen LogP contribution in [0.15, 0.2) is 0 Å². The van der Waals surface area contributed by atoms with Crippen LogP contribution in [0.1, 0.15) is 64.2 Å². The van der Waals surface area contributed by atoms with Crippen molar-refractivity contribution in [1.82, 2.24) is 9.44 Å². The highest BCUT2D eigenvalue weighted by atomic mass is 33.1. The smallest absolute Gasteiger partial charge is 0.283 e. The number of amides is 2. The van der Waals surface area contributed by atoms with Gasteiger partial charge in [-0.25, -0.2) is 0 Å². The Morgan fingerprint density at radius 3 is 1.36 bits per heavy atom. The molecule has 126 valence electrons. The maximum Gasteiger partial charge on any atom is 0.320 e. The first-order valence-corrected chi connectivity index (χ1v) is 12.4. The van der Waals surface area contributed by atoms with Gasteiger partial charge in [-0.1, -0.05) is 60.1 Å². The number of carbonyl (C=O) groups excluding carboxylic acids is 2. The van der Waals surface area contributed by atoms with Gasteiger partial charge in [-0.2, -0.15) is 0 Å². The summed E-state index contributed by atoms with van der Waals surface area (Å²) in [6.45, 7) is 0. The first-order valence-electron chi connectivity index (χ1n) is 8.00. The van der Waals surface area contributed by atoms with E-state index in [-0.39, 0.29) is 0 Å². The molecule has 0 aromatic rings. The van der Waals surface area contributed by atoms with E-state index >= 15 is 0 Å². The molecule has 0 bridgehead atoms. The van der Waals surface area contributed by atoms with Crippen LogP contribution in [-0.4, -0.2) is 22.3 Å². The third-order valence-corrected chi connectivity index (χ3v) is 8.88. The van der Waals surface area contributed by atoms with E-state index in [2.05, 4.69) is 9.44 Å². The summed E-state index contributed by atoms with van der Waals surface area (Å²) in [5, 5.41) is 1.22. The zero-order valence-corrected chi connectivity index (χ0v) is 15.9. The lowest BCUT2D eigenvalue weighted by atomic mass is 10.0. The van der Waals surface area contributed by atoms with Gasteiger partial charge in [0.25, 0.3) is 0 Å². The maximum atomic E-state index is 11.7. The number of carbonyl (C=O) groups is 2. The highest BCUT2D eigenvalue weighted by Crippen LogP contribution is 2.35. The molecule has 0 spiro atoms. The molecule has 0 radical (unpaired) electrons. The first kappa shape index (κ1) is 18.7. The molecule has 4 nitrogen and oxygen atoms in total. The molecule has 22 heavy (non-hydrogen) atoms. The summed E-state index contributed by atoms with van der Waals surface area (Å²) >= 11 is 0. The largest absolute Gasteiger partial charge is 0.320 e. The summed E-state index contributed by atoms with van der Waals surface area (Å²) in [7, 11) is 5.96. The Hall–Kier alpha value is 0.340. The number of hydrogen-bond acceptors (Lipinski definition) is 6. The molecule has 2 aliphatic rings. The lowest BCUT2D eigenvalue weighted by Crippen LogP contribution is -2.33. The van der Waals surface area contributed by atoms with Gasteiger partial charge in [-0.05, 0) is 25.7 Å². The normalized spacial score (nSPS) is 20.5. The average molecular weight is 381 g/mol. The van der Waals surface area contributed by atoms with E-state index in [1.165, 1.54) is 86.2 Å². The Labute approximate surface area is 148 Å². The molecule has 2 saturated carbocycles. The van der Waals surface area contributed by atoms with Gasteiger partial charge in [-0.3, -0.25) is 19.0 Å². The Morgan fingerprint density at radius 1 is 0.636 bits per heavy atom. The van der Waals surface area contributed by atoms with Crippen LogP contribution in [0, 0.1) is 0 Å². The SMILES string of the molecule is O=C(NSSC1CCCCC1)C(=O)NSSC1CCCCC1. The van der Waals surface area contributed by atoms with Crippen molar-refractivity contribution in [2.75, 3.05) is 0 Å². The van der Waals surface area contributed by atoms with Gasteiger partial charge in [0.15, 0.2) is 0 Å². The van der Waals surface area contributed by atoms with Gasteiger partial charge in [0.2, 0.25) is 0 Å². The van der Waals surface area contributed by atoms with Crippen LogP contribution in [-0.2, 0) is 9.59 Å². The van der Waals surface area contributed by atoms with Crippen molar-refractivity contribution >= 4 is 55.4 Å².